The molecule has 0 saturated heterocycles. The van der Waals surface area contributed by atoms with Crippen LogP contribution in [-0.4, -0.2) is 11.0 Å². The number of anilines is 1. The molecule has 0 spiro atoms. The van der Waals surface area contributed by atoms with Crippen molar-refractivity contribution in [2.24, 2.45) is 11.1 Å². The number of hydrogen-bond acceptors (Lipinski definition) is 3. The molecule has 0 unspecified atom stereocenters. The molecule has 0 aromatic carbocycles. The molecule has 94 valence electrons. The highest BCUT2D eigenvalue weighted by molar-refractivity contribution is 7.16. The maximum atomic E-state index is 10.8. The van der Waals surface area contributed by atoms with Crippen LogP contribution in [-0.2, 0) is 11.8 Å². The van der Waals surface area contributed by atoms with Crippen LogP contribution in [0.5, 0.6) is 0 Å². The smallest absolute Gasteiger partial charge is 0.318 e. The monoisotopic (exact) mass is 253 g/mol. The van der Waals surface area contributed by atoms with Gasteiger partial charge < -0.3 is 5.73 Å². The van der Waals surface area contributed by atoms with Crippen molar-refractivity contribution >= 4 is 22.5 Å². The molecule has 0 fully saturated rings. The first-order valence-electron chi connectivity index (χ1n) is 5.76. The second-order valence-corrected chi connectivity index (χ2v) is 7.18. The van der Waals surface area contributed by atoms with Crippen LogP contribution in [0.2, 0.25) is 0 Å². The van der Waals surface area contributed by atoms with Gasteiger partial charge in [-0.25, -0.2) is 9.78 Å². The van der Waals surface area contributed by atoms with Crippen LogP contribution in [0, 0.1) is 5.41 Å². The summed E-state index contributed by atoms with van der Waals surface area (Å²) in [5.41, 5.74) is 6.61. The van der Waals surface area contributed by atoms with Gasteiger partial charge >= 0.3 is 6.03 Å². The fourth-order valence-corrected chi connectivity index (χ4v) is 4.04. The molecule has 1 aromatic heterocycles. The highest BCUT2D eigenvalue weighted by Gasteiger charge is 2.39. The van der Waals surface area contributed by atoms with Crippen molar-refractivity contribution in [2.75, 3.05) is 5.32 Å². The van der Waals surface area contributed by atoms with Crippen molar-refractivity contribution in [1.29, 1.82) is 0 Å². The number of amides is 2. The minimum atomic E-state index is -0.548. The zero-order valence-electron chi connectivity index (χ0n) is 10.8. The number of nitrogens with two attached hydrogens (primary N) is 1. The molecule has 1 aromatic rings. The molecule has 4 nitrogen and oxygen atoms in total. The molecule has 3 N–H and O–H groups in total. The Bertz CT molecular complexity index is 462. The van der Waals surface area contributed by atoms with Crippen LogP contribution in [0.3, 0.4) is 0 Å². The average molecular weight is 253 g/mol. The molecule has 1 heterocycles. The van der Waals surface area contributed by atoms with Crippen molar-refractivity contribution in [2.45, 2.75) is 46.0 Å². The van der Waals surface area contributed by atoms with Crippen LogP contribution in [0.15, 0.2) is 0 Å². The number of nitrogens with zero attached hydrogens (tertiary/aromatic N) is 1. The van der Waals surface area contributed by atoms with Crippen molar-refractivity contribution in [3.8, 4) is 0 Å². The van der Waals surface area contributed by atoms with Gasteiger partial charge in [-0.3, -0.25) is 5.32 Å². The summed E-state index contributed by atoms with van der Waals surface area (Å²) >= 11 is 1.55. The Morgan fingerprint density at radius 3 is 2.65 bits per heavy atom. The lowest BCUT2D eigenvalue weighted by atomic mass is 9.67. The highest BCUT2D eigenvalue weighted by atomic mass is 32.1. The summed E-state index contributed by atoms with van der Waals surface area (Å²) < 4.78 is 0. The molecule has 5 heteroatoms. The lowest BCUT2D eigenvalue weighted by Crippen LogP contribution is -2.33. The summed E-state index contributed by atoms with van der Waals surface area (Å²) in [6.45, 7) is 8.99. The third-order valence-corrected chi connectivity index (χ3v) is 4.49. The van der Waals surface area contributed by atoms with E-state index >= 15 is 0 Å². The predicted molar refractivity (Wildman–Crippen MR) is 70.4 cm³/mol. The van der Waals surface area contributed by atoms with Crippen molar-refractivity contribution in [3.05, 3.63) is 10.6 Å². The number of nitrogens with one attached hydrogen (secondary N) is 1. The molecular weight excluding hydrogens is 234 g/mol. The summed E-state index contributed by atoms with van der Waals surface area (Å²) in [5, 5.41) is 3.19. The molecule has 2 amide bonds. The summed E-state index contributed by atoms with van der Waals surface area (Å²) in [4.78, 5) is 16.6. The van der Waals surface area contributed by atoms with E-state index in [4.69, 9.17) is 5.73 Å². The Balaban J connectivity index is 2.40. The largest absolute Gasteiger partial charge is 0.351 e. The zero-order chi connectivity index (χ0) is 12.8. The van der Waals surface area contributed by atoms with Crippen LogP contribution in [0.25, 0.3) is 0 Å². The van der Waals surface area contributed by atoms with E-state index in [1.807, 2.05) is 0 Å². The lowest BCUT2D eigenvalue weighted by molar-refractivity contribution is 0.232. The fourth-order valence-electron chi connectivity index (χ4n) is 2.95. The SMILES string of the molecule is CC1(C)Cc2nc(NC(N)=O)sc2C(C)(C)C1. The van der Waals surface area contributed by atoms with E-state index in [9.17, 15) is 4.79 Å². The summed E-state index contributed by atoms with van der Waals surface area (Å²) in [6, 6.07) is -0.548. The number of thiazole rings is 1. The number of fused-ring (bicyclic) bond motifs is 1. The minimum Gasteiger partial charge on any atom is -0.351 e. The number of hydrogen-bond donors (Lipinski definition) is 2. The zero-order valence-corrected chi connectivity index (χ0v) is 11.6. The van der Waals surface area contributed by atoms with E-state index in [1.54, 1.807) is 11.3 Å². The molecule has 2 rings (SSSR count). The summed E-state index contributed by atoms with van der Waals surface area (Å²) in [6.07, 6.45) is 2.09. The van der Waals surface area contributed by atoms with Gasteiger partial charge in [-0.1, -0.05) is 27.7 Å². The van der Waals surface area contributed by atoms with Gasteiger partial charge in [-0.15, -0.1) is 11.3 Å². The van der Waals surface area contributed by atoms with Gasteiger partial charge in [0.2, 0.25) is 0 Å². The first-order valence-corrected chi connectivity index (χ1v) is 6.58. The number of carbonyl (C=O) groups excluding carboxylic acids is 1. The predicted octanol–water partition coefficient (Wildman–Crippen LogP) is 2.88. The van der Waals surface area contributed by atoms with Gasteiger partial charge in [0, 0.05) is 10.3 Å². The highest BCUT2D eigenvalue weighted by Crippen LogP contribution is 2.48. The van der Waals surface area contributed by atoms with Crippen molar-refractivity contribution in [1.82, 2.24) is 4.98 Å². The van der Waals surface area contributed by atoms with E-state index in [0.717, 1.165) is 18.5 Å². The molecule has 0 atom stereocenters. The number of aromatic nitrogens is 1. The average Bonchev–Trinajstić information content (AvgIpc) is 2.42. The molecular formula is C12H19N3OS. The van der Waals surface area contributed by atoms with Gasteiger partial charge in [0.25, 0.3) is 0 Å². The molecule has 0 aliphatic heterocycles. The Kier molecular flexibility index (Phi) is 2.69. The Morgan fingerprint density at radius 1 is 1.41 bits per heavy atom. The van der Waals surface area contributed by atoms with Crippen molar-refractivity contribution < 1.29 is 4.79 Å². The molecule has 0 bridgehead atoms. The van der Waals surface area contributed by atoms with Crippen LogP contribution in [0.4, 0.5) is 9.93 Å². The normalized spacial score (nSPS) is 20.7. The van der Waals surface area contributed by atoms with Gasteiger partial charge in [0.05, 0.1) is 5.69 Å². The third-order valence-electron chi connectivity index (χ3n) is 3.11. The second kappa shape index (κ2) is 3.70. The Morgan fingerprint density at radius 2 is 2.06 bits per heavy atom. The minimum absolute atomic E-state index is 0.117. The number of carbonyl (C=O) groups is 1. The molecule has 1 aliphatic rings. The first-order chi connectivity index (χ1) is 7.70. The van der Waals surface area contributed by atoms with Gasteiger partial charge in [0.15, 0.2) is 5.13 Å². The van der Waals surface area contributed by atoms with Gasteiger partial charge in [-0.05, 0) is 18.3 Å². The molecule has 17 heavy (non-hydrogen) atoms. The van der Waals surface area contributed by atoms with Gasteiger partial charge in [0.1, 0.15) is 0 Å². The third kappa shape index (κ3) is 2.44. The number of rotatable bonds is 1. The van der Waals surface area contributed by atoms with E-state index in [1.165, 1.54) is 4.88 Å². The van der Waals surface area contributed by atoms with E-state index in [2.05, 4.69) is 38.0 Å². The van der Waals surface area contributed by atoms with Crippen LogP contribution in [0.1, 0.15) is 44.7 Å². The number of urea groups is 1. The maximum absolute atomic E-state index is 10.8. The standard InChI is InChI=1S/C12H19N3OS/c1-11(2)5-7-8(12(3,4)6-11)17-10(14-7)15-9(13)16/h5-6H2,1-4H3,(H3,13,14,15,16). The first kappa shape index (κ1) is 12.4. The summed E-state index contributed by atoms with van der Waals surface area (Å²) in [7, 11) is 0. The summed E-state index contributed by atoms with van der Waals surface area (Å²) in [5.74, 6) is 0. The van der Waals surface area contributed by atoms with Gasteiger partial charge in [-0.2, -0.15) is 0 Å². The number of primary amides is 1. The quantitative estimate of drug-likeness (QED) is 0.808. The fraction of sp³-hybridized carbons (Fsp3) is 0.667. The Hall–Kier alpha value is -1.10. The van der Waals surface area contributed by atoms with Crippen LogP contribution < -0.4 is 11.1 Å². The lowest BCUT2D eigenvalue weighted by Gasteiger charge is -2.39. The molecule has 1 aliphatic carbocycles. The van der Waals surface area contributed by atoms with E-state index in [0.29, 0.717) is 5.13 Å². The van der Waals surface area contributed by atoms with Crippen molar-refractivity contribution in [3.63, 3.8) is 0 Å². The van der Waals surface area contributed by atoms with E-state index in [-0.39, 0.29) is 10.8 Å². The molecule has 0 saturated carbocycles. The second-order valence-electron chi connectivity index (χ2n) is 6.19. The Labute approximate surface area is 106 Å². The van der Waals surface area contributed by atoms with Crippen LogP contribution >= 0.6 is 11.3 Å². The molecule has 0 radical (unpaired) electrons. The topological polar surface area (TPSA) is 68.0 Å². The van der Waals surface area contributed by atoms with E-state index < -0.39 is 6.03 Å². The maximum Gasteiger partial charge on any atom is 0.318 e.